The molecule has 20 heavy (non-hydrogen) atoms. The Bertz CT molecular complexity index is 448. The molecular formula is C17H23NOS. The van der Waals surface area contributed by atoms with E-state index in [1.165, 1.54) is 38.5 Å². The quantitative estimate of drug-likeness (QED) is 0.793. The molecule has 0 aliphatic heterocycles. The Labute approximate surface area is 126 Å². The molecule has 3 atom stereocenters. The predicted octanol–water partition coefficient (Wildman–Crippen LogP) is 4.76. The number of thiocarbonyl (C=S) groups is 1. The highest BCUT2D eigenvalue weighted by Gasteiger charge is 2.33. The van der Waals surface area contributed by atoms with Gasteiger partial charge in [0.15, 0.2) is 0 Å². The molecule has 0 aromatic heterocycles. The average Bonchev–Trinajstić information content (AvgIpc) is 2.48. The molecule has 0 heterocycles. The van der Waals surface area contributed by atoms with Gasteiger partial charge in [-0.1, -0.05) is 43.9 Å². The van der Waals surface area contributed by atoms with Crippen molar-refractivity contribution < 1.29 is 4.74 Å². The van der Waals surface area contributed by atoms with Gasteiger partial charge in [-0.25, -0.2) is 0 Å². The molecule has 2 aliphatic carbocycles. The lowest BCUT2D eigenvalue weighted by Gasteiger charge is -2.39. The SMILES string of the molecule is S=C(Nc1ccccc1)O[C@@H]1CC[C@@H]2CCCC[C@@H]2C1. The topological polar surface area (TPSA) is 21.3 Å². The van der Waals surface area contributed by atoms with Gasteiger partial charge in [0.2, 0.25) is 0 Å². The van der Waals surface area contributed by atoms with Gasteiger partial charge in [0.25, 0.3) is 5.17 Å². The van der Waals surface area contributed by atoms with Crippen molar-refractivity contribution in [3.63, 3.8) is 0 Å². The summed E-state index contributed by atoms with van der Waals surface area (Å²) in [6.07, 6.45) is 9.66. The van der Waals surface area contributed by atoms with Gasteiger partial charge in [0.05, 0.1) is 0 Å². The first-order valence-electron chi connectivity index (χ1n) is 7.84. The summed E-state index contributed by atoms with van der Waals surface area (Å²) in [5, 5.41) is 3.69. The van der Waals surface area contributed by atoms with Gasteiger partial charge in [0.1, 0.15) is 6.10 Å². The Morgan fingerprint density at radius 3 is 2.55 bits per heavy atom. The van der Waals surface area contributed by atoms with E-state index in [4.69, 9.17) is 17.0 Å². The Morgan fingerprint density at radius 1 is 1.00 bits per heavy atom. The maximum Gasteiger partial charge on any atom is 0.261 e. The number of ether oxygens (including phenoxy) is 1. The van der Waals surface area contributed by atoms with Gasteiger partial charge >= 0.3 is 0 Å². The Balaban J connectivity index is 1.49. The minimum absolute atomic E-state index is 0.318. The standard InChI is InChI=1S/C17H23NOS/c20-17(18-15-8-2-1-3-9-15)19-16-11-10-13-6-4-5-7-14(13)12-16/h1-3,8-9,13-14,16H,4-7,10-12H2,(H,18,20)/t13-,14+,16+/m0/s1. The molecule has 108 valence electrons. The molecule has 2 fully saturated rings. The van der Waals surface area contributed by atoms with E-state index < -0.39 is 0 Å². The second-order valence-corrected chi connectivity index (χ2v) is 6.51. The minimum atomic E-state index is 0.318. The molecule has 2 saturated carbocycles. The molecular weight excluding hydrogens is 266 g/mol. The lowest BCUT2D eigenvalue weighted by Crippen LogP contribution is -2.33. The fraction of sp³-hybridized carbons (Fsp3) is 0.588. The highest BCUT2D eigenvalue weighted by Crippen LogP contribution is 2.41. The number of nitrogens with one attached hydrogen (secondary N) is 1. The van der Waals surface area contributed by atoms with Crippen LogP contribution >= 0.6 is 12.2 Å². The molecule has 3 rings (SSSR count). The van der Waals surface area contributed by atoms with Crippen LogP contribution in [0.4, 0.5) is 5.69 Å². The zero-order valence-electron chi connectivity index (χ0n) is 11.9. The van der Waals surface area contributed by atoms with E-state index >= 15 is 0 Å². The van der Waals surface area contributed by atoms with Gasteiger partial charge < -0.3 is 10.1 Å². The van der Waals surface area contributed by atoms with Crippen LogP contribution in [0.2, 0.25) is 0 Å². The van der Waals surface area contributed by atoms with E-state index in [9.17, 15) is 0 Å². The number of rotatable bonds is 2. The first-order valence-corrected chi connectivity index (χ1v) is 8.25. The van der Waals surface area contributed by atoms with E-state index in [2.05, 4.69) is 5.32 Å². The molecule has 0 radical (unpaired) electrons. The number of para-hydroxylation sites is 1. The molecule has 1 aromatic carbocycles. The van der Waals surface area contributed by atoms with Crippen LogP contribution in [0, 0.1) is 11.8 Å². The van der Waals surface area contributed by atoms with Crippen LogP contribution in [0.25, 0.3) is 0 Å². The molecule has 0 amide bonds. The van der Waals surface area contributed by atoms with Crippen LogP contribution in [0.5, 0.6) is 0 Å². The first-order chi connectivity index (χ1) is 9.81. The summed E-state index contributed by atoms with van der Waals surface area (Å²) in [5.74, 6) is 1.83. The average molecular weight is 289 g/mol. The van der Waals surface area contributed by atoms with Crippen molar-refractivity contribution >= 4 is 23.1 Å². The molecule has 0 bridgehead atoms. The van der Waals surface area contributed by atoms with Crippen LogP contribution in [-0.4, -0.2) is 11.3 Å². The first kappa shape index (κ1) is 13.9. The highest BCUT2D eigenvalue weighted by atomic mass is 32.1. The largest absolute Gasteiger partial charge is 0.468 e. The van der Waals surface area contributed by atoms with Crippen molar-refractivity contribution in [2.45, 2.75) is 51.0 Å². The van der Waals surface area contributed by atoms with Gasteiger partial charge in [-0.15, -0.1) is 0 Å². The summed E-state index contributed by atoms with van der Waals surface area (Å²) in [5.41, 5.74) is 1.00. The van der Waals surface area contributed by atoms with E-state index in [0.717, 1.165) is 23.9 Å². The molecule has 2 aliphatic rings. The third kappa shape index (κ3) is 3.51. The van der Waals surface area contributed by atoms with Gasteiger partial charge in [-0.05, 0) is 55.4 Å². The van der Waals surface area contributed by atoms with Crippen LogP contribution in [0.1, 0.15) is 44.9 Å². The summed E-state index contributed by atoms with van der Waals surface area (Å²) in [7, 11) is 0. The maximum atomic E-state index is 5.96. The number of hydrogen-bond acceptors (Lipinski definition) is 2. The zero-order valence-corrected chi connectivity index (χ0v) is 12.7. The van der Waals surface area contributed by atoms with E-state index in [1.807, 2.05) is 30.3 Å². The van der Waals surface area contributed by atoms with Crippen LogP contribution in [-0.2, 0) is 4.74 Å². The zero-order chi connectivity index (χ0) is 13.8. The second-order valence-electron chi connectivity index (χ2n) is 6.14. The summed E-state index contributed by atoms with van der Waals surface area (Å²) in [6, 6.07) is 10.0. The number of fused-ring (bicyclic) bond motifs is 1. The monoisotopic (exact) mass is 289 g/mol. The maximum absolute atomic E-state index is 5.96. The summed E-state index contributed by atoms with van der Waals surface area (Å²) in [4.78, 5) is 0. The number of hydrogen-bond donors (Lipinski definition) is 1. The van der Waals surface area contributed by atoms with Crippen molar-refractivity contribution in [2.24, 2.45) is 11.8 Å². The molecule has 2 nitrogen and oxygen atoms in total. The normalized spacial score (nSPS) is 29.3. The van der Waals surface area contributed by atoms with Gasteiger partial charge in [-0.2, -0.15) is 0 Å². The molecule has 0 unspecified atom stereocenters. The third-order valence-electron chi connectivity index (χ3n) is 4.79. The smallest absolute Gasteiger partial charge is 0.261 e. The van der Waals surface area contributed by atoms with Crippen LogP contribution in [0.3, 0.4) is 0 Å². The molecule has 1 aromatic rings. The van der Waals surface area contributed by atoms with Crippen molar-refractivity contribution in [1.82, 2.24) is 0 Å². The van der Waals surface area contributed by atoms with Gasteiger partial charge in [0, 0.05) is 5.69 Å². The summed E-state index contributed by atoms with van der Waals surface area (Å²) < 4.78 is 5.96. The molecule has 3 heteroatoms. The number of benzene rings is 1. The highest BCUT2D eigenvalue weighted by molar-refractivity contribution is 7.80. The van der Waals surface area contributed by atoms with Gasteiger partial charge in [-0.3, -0.25) is 0 Å². The van der Waals surface area contributed by atoms with Crippen molar-refractivity contribution in [3.8, 4) is 0 Å². The van der Waals surface area contributed by atoms with E-state index in [0.29, 0.717) is 11.3 Å². The van der Waals surface area contributed by atoms with Crippen molar-refractivity contribution in [2.75, 3.05) is 5.32 Å². The third-order valence-corrected chi connectivity index (χ3v) is 4.98. The van der Waals surface area contributed by atoms with Crippen LogP contribution < -0.4 is 5.32 Å². The Morgan fingerprint density at radius 2 is 1.75 bits per heavy atom. The fourth-order valence-electron chi connectivity index (χ4n) is 3.76. The fourth-order valence-corrected chi connectivity index (χ4v) is 4.01. The number of anilines is 1. The summed E-state index contributed by atoms with van der Waals surface area (Å²) in [6.45, 7) is 0. The van der Waals surface area contributed by atoms with E-state index in [-0.39, 0.29) is 0 Å². The Kier molecular flexibility index (Phi) is 4.56. The minimum Gasteiger partial charge on any atom is -0.468 e. The molecule has 0 saturated heterocycles. The van der Waals surface area contributed by atoms with Crippen molar-refractivity contribution in [1.29, 1.82) is 0 Å². The van der Waals surface area contributed by atoms with Crippen molar-refractivity contribution in [3.05, 3.63) is 30.3 Å². The lowest BCUT2D eigenvalue weighted by atomic mass is 9.70. The molecule has 0 spiro atoms. The predicted molar refractivity (Wildman–Crippen MR) is 86.8 cm³/mol. The Hall–Kier alpha value is -1.09. The van der Waals surface area contributed by atoms with E-state index in [1.54, 1.807) is 0 Å². The molecule has 1 N–H and O–H groups in total. The lowest BCUT2D eigenvalue weighted by molar-refractivity contribution is 0.0596. The second kappa shape index (κ2) is 6.57. The van der Waals surface area contributed by atoms with Crippen LogP contribution in [0.15, 0.2) is 30.3 Å². The summed E-state index contributed by atoms with van der Waals surface area (Å²) >= 11 is 5.33.